The zero-order valence-corrected chi connectivity index (χ0v) is 15.6. The van der Waals surface area contributed by atoms with Gasteiger partial charge in [0.1, 0.15) is 5.03 Å². The van der Waals surface area contributed by atoms with Gasteiger partial charge in [-0.05, 0) is 43.0 Å². The normalized spacial score (nSPS) is 19.4. The highest BCUT2D eigenvalue weighted by Crippen LogP contribution is 2.39. The van der Waals surface area contributed by atoms with Gasteiger partial charge < -0.3 is 0 Å². The molecule has 2 aliphatic rings. The number of carbonyl (C=O) groups is 2. The molecule has 0 radical (unpaired) electrons. The van der Waals surface area contributed by atoms with Crippen molar-refractivity contribution in [3.63, 3.8) is 0 Å². The number of thioether (sulfide) groups is 1. The Morgan fingerprint density at radius 2 is 1.44 bits per heavy atom. The van der Waals surface area contributed by atoms with Crippen LogP contribution in [0.1, 0.15) is 13.8 Å². The van der Waals surface area contributed by atoms with Crippen LogP contribution < -0.4 is 10.0 Å². The van der Waals surface area contributed by atoms with Crippen molar-refractivity contribution >= 4 is 45.6 Å². The third-order valence-corrected chi connectivity index (χ3v) is 5.24. The fraction of sp³-hybridized carbons (Fsp3) is 0.100. The lowest BCUT2D eigenvalue weighted by molar-refractivity contribution is -0.114. The second-order valence-electron chi connectivity index (χ2n) is 6.03. The zero-order chi connectivity index (χ0) is 19.0. The van der Waals surface area contributed by atoms with Gasteiger partial charge in [0.05, 0.1) is 22.7 Å². The lowest BCUT2D eigenvalue weighted by atomic mass is 10.2. The Balaban J connectivity index is 1.80. The largest absolute Gasteiger partial charge is 0.292 e. The minimum atomic E-state index is -0.234. The van der Waals surface area contributed by atoms with E-state index in [1.54, 1.807) is 11.9 Å². The van der Waals surface area contributed by atoms with Crippen LogP contribution in [0.5, 0.6) is 0 Å². The van der Waals surface area contributed by atoms with Gasteiger partial charge in [0.2, 0.25) is 0 Å². The van der Waals surface area contributed by atoms with Gasteiger partial charge in [-0.15, -0.1) is 0 Å². The van der Waals surface area contributed by atoms with E-state index in [9.17, 15) is 9.59 Å². The molecule has 0 aliphatic carbocycles. The first-order valence-corrected chi connectivity index (χ1v) is 9.20. The van der Waals surface area contributed by atoms with Crippen LogP contribution in [-0.2, 0) is 9.59 Å². The number of rotatable bonds is 3. The highest BCUT2D eigenvalue weighted by molar-refractivity contribution is 8.19. The first-order valence-electron chi connectivity index (χ1n) is 8.38. The van der Waals surface area contributed by atoms with Crippen molar-refractivity contribution in [2.45, 2.75) is 13.8 Å². The summed E-state index contributed by atoms with van der Waals surface area (Å²) in [6, 6.07) is 18.7. The molecule has 0 spiro atoms. The average molecular weight is 376 g/mol. The first-order chi connectivity index (χ1) is 13.1. The van der Waals surface area contributed by atoms with E-state index in [1.807, 2.05) is 60.7 Å². The van der Waals surface area contributed by atoms with E-state index in [2.05, 4.69) is 10.2 Å². The molecular weight excluding hydrogens is 360 g/mol. The second kappa shape index (κ2) is 6.85. The van der Waals surface area contributed by atoms with E-state index < -0.39 is 0 Å². The third kappa shape index (κ3) is 3.06. The molecule has 2 aromatic rings. The summed E-state index contributed by atoms with van der Waals surface area (Å²) < 4.78 is 0. The maximum atomic E-state index is 13.1. The molecule has 27 heavy (non-hydrogen) atoms. The zero-order valence-electron chi connectivity index (χ0n) is 14.8. The van der Waals surface area contributed by atoms with E-state index in [0.29, 0.717) is 27.0 Å². The number of ketones is 1. The summed E-state index contributed by atoms with van der Waals surface area (Å²) >= 11 is 1.20. The molecular formula is C20H16N4O2S. The number of nitrogens with zero attached hydrogens (tertiary/aromatic N) is 4. The number of benzene rings is 2. The number of hydrazone groups is 2. The molecule has 0 saturated carbocycles. The molecule has 1 amide bonds. The minimum absolute atomic E-state index is 0.142. The van der Waals surface area contributed by atoms with Crippen molar-refractivity contribution in [3.8, 4) is 0 Å². The number of hydrogen-bond donors (Lipinski definition) is 0. The van der Waals surface area contributed by atoms with Gasteiger partial charge >= 0.3 is 0 Å². The molecule has 0 saturated heterocycles. The van der Waals surface area contributed by atoms with Gasteiger partial charge in [0, 0.05) is 6.92 Å². The molecule has 0 atom stereocenters. The van der Waals surface area contributed by atoms with E-state index in [-0.39, 0.29) is 11.7 Å². The van der Waals surface area contributed by atoms with Gasteiger partial charge in [-0.3, -0.25) is 9.59 Å². The molecule has 2 heterocycles. The Morgan fingerprint density at radius 1 is 0.889 bits per heavy atom. The van der Waals surface area contributed by atoms with Gasteiger partial charge in [0.15, 0.2) is 10.8 Å². The van der Waals surface area contributed by atoms with Crippen molar-refractivity contribution < 1.29 is 9.59 Å². The lowest BCUT2D eigenvalue weighted by Crippen LogP contribution is -2.24. The number of hydrogen-bond acceptors (Lipinski definition) is 6. The molecule has 0 bridgehead atoms. The van der Waals surface area contributed by atoms with E-state index >= 15 is 0 Å². The molecule has 6 nitrogen and oxygen atoms in total. The number of carbonyl (C=O) groups excluding carboxylic acids is 2. The number of para-hydroxylation sites is 2. The smallest absolute Gasteiger partial charge is 0.283 e. The van der Waals surface area contributed by atoms with Crippen molar-refractivity contribution in [2.75, 3.05) is 10.0 Å². The topological polar surface area (TPSA) is 65.3 Å². The van der Waals surface area contributed by atoms with Crippen molar-refractivity contribution in [1.82, 2.24) is 0 Å². The summed E-state index contributed by atoms with van der Waals surface area (Å²) in [4.78, 5) is 25.0. The Hall–Kier alpha value is -3.19. The Morgan fingerprint density at radius 3 is 2.00 bits per heavy atom. The van der Waals surface area contributed by atoms with Crippen LogP contribution in [-0.4, -0.2) is 22.4 Å². The van der Waals surface area contributed by atoms with E-state index in [0.717, 1.165) is 5.69 Å². The van der Waals surface area contributed by atoms with Gasteiger partial charge in [-0.1, -0.05) is 36.4 Å². The fourth-order valence-corrected chi connectivity index (χ4v) is 3.85. The van der Waals surface area contributed by atoms with Crippen LogP contribution in [0.25, 0.3) is 0 Å². The second-order valence-corrected chi connectivity index (χ2v) is 7.01. The van der Waals surface area contributed by atoms with Gasteiger partial charge in [0.25, 0.3) is 5.91 Å². The third-order valence-electron chi connectivity index (χ3n) is 4.11. The SMILES string of the molecule is CC(=O)C1=NN(c2ccccc2)/C(=C2/C(=O)N(c3ccccc3)N=C2C)S1. The van der Waals surface area contributed by atoms with Crippen molar-refractivity contribution in [3.05, 3.63) is 71.3 Å². The lowest BCUT2D eigenvalue weighted by Gasteiger charge is -2.17. The number of amides is 1. The van der Waals surface area contributed by atoms with Gasteiger partial charge in [-0.2, -0.15) is 15.2 Å². The van der Waals surface area contributed by atoms with Crippen LogP contribution in [0.4, 0.5) is 11.4 Å². The standard InChI is InChI=1S/C20H16N4O2S/c1-13-17(19(26)23(21-13)15-9-5-3-6-10-15)20-24(16-11-7-4-8-12-16)22-18(27-20)14(2)25/h3-12H,1-2H3/b20-17-. The monoisotopic (exact) mass is 376 g/mol. The maximum absolute atomic E-state index is 13.1. The summed E-state index contributed by atoms with van der Waals surface area (Å²) in [6.45, 7) is 3.26. The highest BCUT2D eigenvalue weighted by atomic mass is 32.2. The molecule has 4 rings (SSSR count). The quantitative estimate of drug-likeness (QED) is 0.765. The Labute approximate surface area is 160 Å². The van der Waals surface area contributed by atoms with E-state index in [4.69, 9.17) is 0 Å². The van der Waals surface area contributed by atoms with Crippen LogP contribution in [0, 0.1) is 0 Å². The molecule has 7 heteroatoms. The fourth-order valence-electron chi connectivity index (χ4n) is 2.83. The van der Waals surface area contributed by atoms with Gasteiger partial charge in [-0.25, -0.2) is 5.01 Å². The summed E-state index contributed by atoms with van der Waals surface area (Å²) in [5.74, 6) is -0.376. The predicted octanol–water partition coefficient (Wildman–Crippen LogP) is 3.78. The van der Waals surface area contributed by atoms with Crippen molar-refractivity contribution in [1.29, 1.82) is 0 Å². The maximum Gasteiger partial charge on any atom is 0.283 e. The summed E-state index contributed by atoms with van der Waals surface area (Å²) in [5, 5.41) is 12.8. The Kier molecular flexibility index (Phi) is 4.37. The van der Waals surface area contributed by atoms with Crippen LogP contribution in [0.15, 0.2) is 81.5 Å². The minimum Gasteiger partial charge on any atom is -0.292 e. The van der Waals surface area contributed by atoms with E-state index in [1.165, 1.54) is 23.7 Å². The van der Waals surface area contributed by atoms with Crippen LogP contribution in [0.3, 0.4) is 0 Å². The summed E-state index contributed by atoms with van der Waals surface area (Å²) in [5.41, 5.74) is 2.52. The van der Waals surface area contributed by atoms with Crippen LogP contribution in [0.2, 0.25) is 0 Å². The summed E-state index contributed by atoms with van der Waals surface area (Å²) in [6.07, 6.45) is 0. The summed E-state index contributed by atoms with van der Waals surface area (Å²) in [7, 11) is 0. The molecule has 0 fully saturated rings. The highest BCUT2D eigenvalue weighted by Gasteiger charge is 2.37. The predicted molar refractivity (Wildman–Crippen MR) is 109 cm³/mol. The molecule has 0 N–H and O–H groups in total. The number of anilines is 2. The molecule has 2 aliphatic heterocycles. The average Bonchev–Trinajstić information content (AvgIpc) is 3.24. The molecule has 0 aromatic heterocycles. The molecule has 134 valence electrons. The van der Waals surface area contributed by atoms with Crippen molar-refractivity contribution in [2.24, 2.45) is 10.2 Å². The molecule has 2 aromatic carbocycles. The molecule has 0 unspecified atom stereocenters. The van der Waals surface area contributed by atoms with Crippen LogP contribution >= 0.6 is 11.8 Å². The number of Topliss-reactive ketones (excluding diaryl/α,β-unsaturated/α-hetero) is 1. The Bertz CT molecular complexity index is 1010. The first kappa shape index (κ1) is 17.2.